The number of hydrogen-bond donors (Lipinski definition) is 2. The van der Waals surface area contributed by atoms with Crippen LogP contribution in [0.3, 0.4) is 0 Å². The molecule has 14 nitrogen and oxygen atoms in total. The molecule has 0 radical (unpaired) electrons. The Morgan fingerprint density at radius 1 is 1.02 bits per heavy atom. The second-order valence-corrected chi connectivity index (χ2v) is 13.2. The summed E-state index contributed by atoms with van der Waals surface area (Å²) in [7, 11) is 0. The lowest BCUT2D eigenvalue weighted by molar-refractivity contribution is -0.148. The number of cyclic esters (lactones) is 1. The Morgan fingerprint density at radius 3 is 2.51 bits per heavy atom. The summed E-state index contributed by atoms with van der Waals surface area (Å²) in [5, 5.41) is 5.88. The molecule has 1 unspecified atom stereocenters. The first kappa shape index (κ1) is 35.1. The summed E-state index contributed by atoms with van der Waals surface area (Å²) in [6.07, 6.45) is 1.98. The van der Waals surface area contributed by atoms with Gasteiger partial charge in [-0.1, -0.05) is 13.8 Å². The van der Waals surface area contributed by atoms with Crippen molar-refractivity contribution in [3.8, 4) is 22.9 Å². The predicted octanol–water partition coefficient (Wildman–Crippen LogP) is 4.17. The zero-order valence-corrected chi connectivity index (χ0v) is 29.1. The molecule has 14 heteroatoms. The van der Waals surface area contributed by atoms with Gasteiger partial charge in [-0.05, 0) is 81.1 Å². The van der Waals surface area contributed by atoms with Crippen LogP contribution in [-0.4, -0.2) is 63.8 Å². The number of hydrogen-bond acceptors (Lipinski definition) is 11. The lowest BCUT2D eigenvalue weighted by Gasteiger charge is -2.24. The fourth-order valence-electron chi connectivity index (χ4n) is 6.28. The molecule has 0 saturated carbocycles. The van der Waals surface area contributed by atoms with Gasteiger partial charge in [0.25, 0.3) is 11.5 Å². The molecule has 0 aliphatic carbocycles. The van der Waals surface area contributed by atoms with Crippen LogP contribution in [0.5, 0.6) is 11.5 Å². The normalized spacial score (nSPS) is 14.5. The van der Waals surface area contributed by atoms with Gasteiger partial charge >= 0.3 is 18.0 Å². The molecule has 1 atom stereocenters. The molecule has 1 aromatic carbocycles. The standard InChI is InChI=1S/C37H39N5O9/c1-6-22-25-14-20(50-31(43)17-40-33(44)29-11-9-21(16-39-29)48-13-12-38-36(47)51-37(3,4)5)8-10-28(25)41-32-26(22)18-42-30(32)15-24-23(7-2)35(46)49-19-27(24)34(42)45/h8-11,14-16,23H,6-7,12-13,17-19H2,1-5H3,(H,38,47)(H,40,44). The molecule has 2 aliphatic heterocycles. The number of fused-ring (bicyclic) bond motifs is 5. The maximum atomic E-state index is 13.6. The van der Waals surface area contributed by atoms with Crippen LogP contribution >= 0.6 is 0 Å². The third-order valence-electron chi connectivity index (χ3n) is 8.58. The number of aromatic nitrogens is 3. The minimum atomic E-state index is -0.681. The number of ether oxygens (including phenoxy) is 4. The van der Waals surface area contributed by atoms with Crippen molar-refractivity contribution in [2.45, 2.75) is 72.1 Å². The van der Waals surface area contributed by atoms with E-state index >= 15 is 0 Å². The maximum absolute atomic E-state index is 13.6. The van der Waals surface area contributed by atoms with Gasteiger partial charge in [0.05, 0.1) is 47.7 Å². The molecule has 51 heavy (non-hydrogen) atoms. The Balaban J connectivity index is 1.08. The zero-order chi connectivity index (χ0) is 36.4. The minimum absolute atomic E-state index is 0.0406. The molecule has 0 saturated heterocycles. The number of amides is 2. The first-order valence-electron chi connectivity index (χ1n) is 16.8. The first-order chi connectivity index (χ1) is 24.4. The van der Waals surface area contributed by atoms with Crippen molar-refractivity contribution in [1.29, 1.82) is 0 Å². The van der Waals surface area contributed by atoms with Crippen LogP contribution in [0.1, 0.15) is 79.7 Å². The average molecular weight is 698 g/mol. The Hall–Kier alpha value is -5.79. The summed E-state index contributed by atoms with van der Waals surface area (Å²) < 4.78 is 23.3. The van der Waals surface area contributed by atoms with Gasteiger partial charge in [0.2, 0.25) is 0 Å². The van der Waals surface area contributed by atoms with Crippen molar-refractivity contribution in [3.05, 3.63) is 80.9 Å². The zero-order valence-electron chi connectivity index (χ0n) is 29.1. The fourth-order valence-corrected chi connectivity index (χ4v) is 6.28. The van der Waals surface area contributed by atoms with Gasteiger partial charge in [0.15, 0.2) is 0 Å². The Labute approximate surface area is 293 Å². The number of nitrogens with one attached hydrogen (secondary N) is 2. The summed E-state index contributed by atoms with van der Waals surface area (Å²) >= 11 is 0. The summed E-state index contributed by atoms with van der Waals surface area (Å²) in [6.45, 7) is 9.48. The smallest absolute Gasteiger partial charge is 0.407 e. The Morgan fingerprint density at radius 2 is 1.80 bits per heavy atom. The van der Waals surface area contributed by atoms with Crippen LogP contribution in [0.25, 0.3) is 22.3 Å². The lowest BCUT2D eigenvalue weighted by atomic mass is 9.90. The van der Waals surface area contributed by atoms with E-state index in [1.54, 1.807) is 49.6 Å². The van der Waals surface area contributed by atoms with Gasteiger partial charge in [-0.15, -0.1) is 0 Å². The molecular weight excluding hydrogens is 658 g/mol. The van der Waals surface area contributed by atoms with Crippen molar-refractivity contribution >= 4 is 34.8 Å². The molecule has 0 spiro atoms. The predicted molar refractivity (Wildman–Crippen MR) is 185 cm³/mol. The molecule has 2 N–H and O–H groups in total. The summed E-state index contributed by atoms with van der Waals surface area (Å²) in [6, 6.07) is 10.0. The van der Waals surface area contributed by atoms with Crippen molar-refractivity contribution < 1.29 is 38.1 Å². The van der Waals surface area contributed by atoms with Gasteiger partial charge in [-0.2, -0.15) is 0 Å². The highest BCUT2D eigenvalue weighted by atomic mass is 16.6. The molecule has 5 heterocycles. The summed E-state index contributed by atoms with van der Waals surface area (Å²) in [4.78, 5) is 72.1. The van der Waals surface area contributed by atoms with Crippen molar-refractivity contribution in [2.75, 3.05) is 19.7 Å². The monoisotopic (exact) mass is 697 g/mol. The number of benzene rings is 1. The lowest BCUT2D eigenvalue weighted by Crippen LogP contribution is -2.34. The Kier molecular flexibility index (Phi) is 9.77. The second kappa shape index (κ2) is 14.2. The number of alkyl carbamates (subject to hydrolysis) is 1. The highest BCUT2D eigenvalue weighted by Gasteiger charge is 2.34. The SMILES string of the molecule is CCc1c2c(nc3ccc(OC(=O)CNC(=O)c4ccc(OCCNC(=O)OC(C)(C)C)cn4)cc13)-c1cc3c(c(=O)n1C2)COC(=O)C3CC. The van der Waals surface area contributed by atoms with Crippen molar-refractivity contribution in [2.24, 2.45) is 0 Å². The van der Waals surface area contributed by atoms with Gasteiger partial charge in [-0.25, -0.2) is 19.6 Å². The summed E-state index contributed by atoms with van der Waals surface area (Å²) in [5.74, 6) is -1.40. The number of rotatable bonds is 10. The van der Waals surface area contributed by atoms with Gasteiger partial charge in [0, 0.05) is 10.9 Å². The second-order valence-electron chi connectivity index (χ2n) is 13.2. The average Bonchev–Trinajstić information content (AvgIpc) is 3.46. The molecule has 4 aromatic rings. The van der Waals surface area contributed by atoms with E-state index in [1.807, 2.05) is 19.9 Å². The molecule has 2 amide bonds. The number of carbonyl (C=O) groups excluding carboxylic acids is 4. The van der Waals surface area contributed by atoms with E-state index in [0.717, 1.165) is 16.5 Å². The first-order valence-corrected chi connectivity index (χ1v) is 16.8. The maximum Gasteiger partial charge on any atom is 0.407 e. The van der Waals surface area contributed by atoms with E-state index in [4.69, 9.17) is 23.9 Å². The molecular formula is C37H39N5O9. The molecule has 2 aliphatic rings. The van der Waals surface area contributed by atoms with Gasteiger partial charge < -0.3 is 34.1 Å². The highest BCUT2D eigenvalue weighted by Crippen LogP contribution is 2.39. The van der Waals surface area contributed by atoms with Crippen LogP contribution in [0.15, 0.2) is 47.4 Å². The van der Waals surface area contributed by atoms with E-state index in [-0.39, 0.29) is 42.7 Å². The number of pyridine rings is 3. The number of esters is 2. The summed E-state index contributed by atoms with van der Waals surface area (Å²) in [5.41, 5.74) is 4.42. The number of carbonyl (C=O) groups is 4. The van der Waals surface area contributed by atoms with Crippen molar-refractivity contribution in [3.63, 3.8) is 0 Å². The van der Waals surface area contributed by atoms with Crippen LogP contribution in [0.4, 0.5) is 4.79 Å². The van der Waals surface area contributed by atoms with Gasteiger partial charge in [0.1, 0.15) is 42.6 Å². The van der Waals surface area contributed by atoms with Gasteiger partial charge in [-0.3, -0.25) is 14.4 Å². The minimum Gasteiger partial charge on any atom is -0.490 e. The quantitative estimate of drug-likeness (QED) is 0.122. The van der Waals surface area contributed by atoms with E-state index in [0.29, 0.717) is 53.2 Å². The molecule has 6 rings (SSSR count). The number of nitrogens with zero attached hydrogens (tertiary/aromatic N) is 3. The Bertz CT molecular complexity index is 2100. The number of aryl methyl sites for hydroxylation is 1. The van der Waals surface area contributed by atoms with Crippen LogP contribution in [0, 0.1) is 0 Å². The van der Waals surface area contributed by atoms with Crippen LogP contribution in [-0.2, 0) is 38.6 Å². The fraction of sp³-hybridized carbons (Fsp3) is 0.378. The molecule has 0 fully saturated rings. The van der Waals surface area contributed by atoms with E-state index < -0.39 is 36.0 Å². The molecule has 266 valence electrons. The van der Waals surface area contributed by atoms with E-state index in [2.05, 4.69) is 15.6 Å². The van der Waals surface area contributed by atoms with E-state index in [9.17, 15) is 24.0 Å². The van der Waals surface area contributed by atoms with Crippen molar-refractivity contribution in [1.82, 2.24) is 25.2 Å². The topological polar surface area (TPSA) is 177 Å². The third-order valence-corrected chi connectivity index (χ3v) is 8.58. The molecule has 3 aromatic heterocycles. The largest absolute Gasteiger partial charge is 0.490 e. The molecule has 0 bridgehead atoms. The van der Waals surface area contributed by atoms with Crippen LogP contribution in [0.2, 0.25) is 0 Å². The highest BCUT2D eigenvalue weighted by molar-refractivity contribution is 5.95. The van der Waals surface area contributed by atoms with Crippen LogP contribution < -0.4 is 25.7 Å². The van der Waals surface area contributed by atoms with E-state index in [1.165, 1.54) is 12.3 Å². The third kappa shape index (κ3) is 7.39.